The van der Waals surface area contributed by atoms with E-state index in [1.54, 1.807) is 16.0 Å². The highest BCUT2D eigenvalue weighted by molar-refractivity contribution is 7.71. The summed E-state index contributed by atoms with van der Waals surface area (Å²) in [6.45, 7) is 0.753. The zero-order chi connectivity index (χ0) is 15.7. The van der Waals surface area contributed by atoms with Crippen molar-refractivity contribution in [2.45, 2.75) is 25.2 Å². The number of carbonyl (C=O) groups excluding carboxylic acids is 1. The van der Waals surface area contributed by atoms with Gasteiger partial charge in [-0.2, -0.15) is 4.98 Å². The maximum absolute atomic E-state index is 11.8. The van der Waals surface area contributed by atoms with Crippen molar-refractivity contribution >= 4 is 29.5 Å². The second-order valence-electron chi connectivity index (χ2n) is 5.10. The first-order valence-electron chi connectivity index (χ1n) is 6.79. The first kappa shape index (κ1) is 15.3. The highest BCUT2D eigenvalue weighted by atomic mass is 32.1. The van der Waals surface area contributed by atoms with Crippen LogP contribution in [0.15, 0.2) is 17.5 Å². The molecule has 2 aromatic heterocycles. The summed E-state index contributed by atoms with van der Waals surface area (Å²) in [5.41, 5.74) is 0. The molecule has 1 aliphatic rings. The monoisotopic (exact) mass is 340 g/mol. The van der Waals surface area contributed by atoms with Gasteiger partial charge >= 0.3 is 5.97 Å². The van der Waals surface area contributed by atoms with E-state index in [1.165, 1.54) is 7.11 Å². The lowest BCUT2D eigenvalue weighted by Crippen LogP contribution is -2.38. The van der Waals surface area contributed by atoms with Crippen LogP contribution in [-0.2, 0) is 16.2 Å². The van der Waals surface area contributed by atoms with Crippen LogP contribution in [0.5, 0.6) is 0 Å². The molecule has 0 aliphatic carbocycles. The molecule has 22 heavy (non-hydrogen) atoms. The molecule has 9 heteroatoms. The van der Waals surface area contributed by atoms with Crippen LogP contribution < -0.4 is 0 Å². The Morgan fingerprint density at radius 2 is 2.50 bits per heavy atom. The lowest BCUT2D eigenvalue weighted by Gasteiger charge is -2.21. The zero-order valence-electron chi connectivity index (χ0n) is 11.9. The molecule has 1 aliphatic heterocycles. The van der Waals surface area contributed by atoms with Crippen LogP contribution in [0.3, 0.4) is 0 Å². The highest BCUT2D eigenvalue weighted by Crippen LogP contribution is 2.22. The van der Waals surface area contributed by atoms with Crippen molar-refractivity contribution in [2.75, 3.05) is 13.7 Å². The molecule has 0 amide bonds. The fourth-order valence-corrected chi connectivity index (χ4v) is 3.43. The number of aliphatic hydroxyl groups excluding tert-OH is 1. The Kier molecular flexibility index (Phi) is 4.39. The highest BCUT2D eigenvalue weighted by Gasteiger charge is 2.37. The van der Waals surface area contributed by atoms with Crippen molar-refractivity contribution in [1.82, 2.24) is 19.7 Å². The van der Waals surface area contributed by atoms with Gasteiger partial charge in [0.2, 0.25) is 4.77 Å². The van der Waals surface area contributed by atoms with E-state index in [2.05, 4.69) is 10.1 Å². The van der Waals surface area contributed by atoms with Crippen molar-refractivity contribution in [1.29, 1.82) is 0 Å². The third-order valence-electron chi connectivity index (χ3n) is 3.61. The van der Waals surface area contributed by atoms with Gasteiger partial charge in [-0.05, 0) is 23.7 Å². The number of ether oxygens (including phenoxy) is 1. The van der Waals surface area contributed by atoms with Gasteiger partial charge in [0.15, 0.2) is 5.82 Å². The first-order chi connectivity index (χ1) is 10.6. The smallest absolute Gasteiger partial charge is 0.323 e. The van der Waals surface area contributed by atoms with Gasteiger partial charge in [0, 0.05) is 13.0 Å². The minimum atomic E-state index is -0.544. The normalized spacial score (nSPS) is 22.1. The number of carbonyl (C=O) groups is 1. The van der Waals surface area contributed by atoms with Gasteiger partial charge in [0.1, 0.15) is 6.04 Å². The summed E-state index contributed by atoms with van der Waals surface area (Å²) in [6, 6.07) is 3.44. The maximum atomic E-state index is 11.8. The number of esters is 1. The van der Waals surface area contributed by atoms with E-state index in [0.29, 0.717) is 30.2 Å². The van der Waals surface area contributed by atoms with E-state index < -0.39 is 12.1 Å². The molecule has 3 rings (SSSR count). The van der Waals surface area contributed by atoms with Gasteiger partial charge in [-0.15, -0.1) is 11.3 Å². The average molecular weight is 340 g/mol. The number of hydrogen-bond donors (Lipinski definition) is 2. The molecule has 2 aromatic rings. The Morgan fingerprint density at radius 3 is 3.18 bits per heavy atom. The van der Waals surface area contributed by atoms with Gasteiger partial charge in [0.05, 0.1) is 24.8 Å². The van der Waals surface area contributed by atoms with Crippen LogP contribution in [0.2, 0.25) is 0 Å². The van der Waals surface area contributed by atoms with E-state index in [9.17, 15) is 9.90 Å². The molecular weight excluding hydrogens is 324 g/mol. The predicted octanol–water partition coefficient (Wildman–Crippen LogP) is 1.23. The van der Waals surface area contributed by atoms with Crippen molar-refractivity contribution < 1.29 is 14.6 Å². The third-order valence-corrected chi connectivity index (χ3v) is 4.80. The second kappa shape index (κ2) is 6.29. The predicted molar refractivity (Wildman–Crippen MR) is 83.9 cm³/mol. The van der Waals surface area contributed by atoms with Gasteiger partial charge < -0.3 is 9.84 Å². The summed E-state index contributed by atoms with van der Waals surface area (Å²) >= 11 is 6.83. The Bertz CT molecular complexity index is 709. The Balaban J connectivity index is 1.81. The molecule has 2 atom stereocenters. The summed E-state index contributed by atoms with van der Waals surface area (Å²) in [5.74, 6) is 0.357. The number of likely N-dealkylation sites (tertiary alicyclic amines) is 1. The van der Waals surface area contributed by atoms with Crippen LogP contribution in [0.1, 0.15) is 6.42 Å². The molecule has 0 radical (unpaired) electrons. The Hall–Kier alpha value is -1.55. The summed E-state index contributed by atoms with van der Waals surface area (Å²) in [6.07, 6.45) is -0.177. The summed E-state index contributed by atoms with van der Waals surface area (Å²) in [7, 11) is 1.35. The topological polar surface area (TPSA) is 83.4 Å². The number of H-pyrrole nitrogens is 1. The largest absolute Gasteiger partial charge is 0.468 e. The van der Waals surface area contributed by atoms with Crippen molar-refractivity contribution in [2.24, 2.45) is 0 Å². The van der Waals surface area contributed by atoms with Crippen LogP contribution in [0.25, 0.3) is 10.7 Å². The summed E-state index contributed by atoms with van der Waals surface area (Å²) in [5, 5.41) is 14.9. The molecule has 7 nitrogen and oxygen atoms in total. The van der Waals surface area contributed by atoms with E-state index in [1.807, 2.05) is 22.4 Å². The Morgan fingerprint density at radius 1 is 1.68 bits per heavy atom. The van der Waals surface area contributed by atoms with Gasteiger partial charge in [-0.25, -0.2) is 4.68 Å². The zero-order valence-corrected chi connectivity index (χ0v) is 13.6. The molecule has 0 bridgehead atoms. The van der Waals surface area contributed by atoms with Crippen molar-refractivity contribution in [3.05, 3.63) is 22.3 Å². The molecule has 118 valence electrons. The number of aromatic amines is 1. The average Bonchev–Trinajstić information content (AvgIpc) is 3.20. The summed E-state index contributed by atoms with van der Waals surface area (Å²) < 4.78 is 6.90. The molecule has 0 spiro atoms. The molecule has 1 fully saturated rings. The fourth-order valence-electron chi connectivity index (χ4n) is 2.57. The van der Waals surface area contributed by atoms with Crippen molar-refractivity contribution in [3.8, 4) is 10.7 Å². The minimum Gasteiger partial charge on any atom is -0.468 e. The van der Waals surface area contributed by atoms with E-state index >= 15 is 0 Å². The summed E-state index contributed by atoms with van der Waals surface area (Å²) in [4.78, 5) is 19.0. The molecule has 0 saturated carbocycles. The molecule has 2 N–H and O–H groups in total. The standard InChI is InChI=1S/C13H16N4O3S2/c1-20-12(19)9-5-8(18)6-16(9)7-17-13(21)14-11(15-17)10-3-2-4-22-10/h2-4,8-9,18H,5-7H2,1H3,(H,14,15,21)/t8-,9-/m0/s1. The number of rotatable bonds is 4. The number of aromatic nitrogens is 3. The minimum absolute atomic E-state index is 0.346. The number of methoxy groups -OCH3 is 1. The molecule has 3 heterocycles. The second-order valence-corrected chi connectivity index (χ2v) is 6.41. The van der Waals surface area contributed by atoms with Crippen LogP contribution in [-0.4, -0.2) is 56.5 Å². The first-order valence-corrected chi connectivity index (χ1v) is 8.08. The lowest BCUT2D eigenvalue weighted by molar-refractivity contribution is -0.146. The number of nitrogens with one attached hydrogen (secondary N) is 1. The van der Waals surface area contributed by atoms with Crippen LogP contribution in [0, 0.1) is 4.77 Å². The van der Waals surface area contributed by atoms with Gasteiger partial charge in [0.25, 0.3) is 0 Å². The number of thiophene rings is 1. The van der Waals surface area contributed by atoms with E-state index in [-0.39, 0.29) is 5.97 Å². The molecule has 1 saturated heterocycles. The number of β-amino-alcohol motifs (C(OH)–C–C–N with tert-alkyl or cyclic N) is 1. The maximum Gasteiger partial charge on any atom is 0.323 e. The number of aliphatic hydroxyl groups is 1. The molecular formula is C13H16N4O3S2. The SMILES string of the molecule is COC(=O)[C@@H]1C[C@H](O)CN1Cn1[nH]c(-c2cccs2)nc1=S. The number of hydrogen-bond acceptors (Lipinski definition) is 7. The van der Waals surface area contributed by atoms with Gasteiger partial charge in [-0.1, -0.05) is 6.07 Å². The quantitative estimate of drug-likeness (QED) is 0.643. The third kappa shape index (κ3) is 2.98. The molecule has 0 unspecified atom stereocenters. The van der Waals surface area contributed by atoms with E-state index in [4.69, 9.17) is 17.0 Å². The van der Waals surface area contributed by atoms with Crippen LogP contribution >= 0.6 is 23.6 Å². The fraction of sp³-hybridized carbons (Fsp3) is 0.462. The molecule has 0 aromatic carbocycles. The lowest BCUT2D eigenvalue weighted by atomic mass is 10.2. The van der Waals surface area contributed by atoms with Gasteiger partial charge in [-0.3, -0.25) is 14.8 Å². The van der Waals surface area contributed by atoms with E-state index in [0.717, 1.165) is 4.88 Å². The number of nitrogens with zero attached hydrogens (tertiary/aromatic N) is 3. The Labute approximate surface area is 136 Å². The van der Waals surface area contributed by atoms with Crippen molar-refractivity contribution in [3.63, 3.8) is 0 Å². The van der Waals surface area contributed by atoms with Crippen LogP contribution in [0.4, 0.5) is 0 Å².